The zero-order chi connectivity index (χ0) is 18.7. The number of nitrogens with one attached hydrogen (secondary N) is 1. The lowest BCUT2D eigenvalue weighted by Gasteiger charge is -2.10. The molecule has 0 aliphatic carbocycles. The zero-order valence-electron chi connectivity index (χ0n) is 15.3. The van der Waals surface area contributed by atoms with Gasteiger partial charge in [-0.1, -0.05) is 29.8 Å². The third-order valence-corrected chi connectivity index (χ3v) is 4.55. The number of halogens is 1. The normalized spacial score (nSPS) is 10.9. The summed E-state index contributed by atoms with van der Waals surface area (Å²) in [5.74, 6) is -0.216. The van der Waals surface area contributed by atoms with Crippen molar-refractivity contribution in [2.75, 3.05) is 6.54 Å². The Bertz CT molecular complexity index is 909. The molecular weight excluding hydrogens is 327 g/mol. The lowest BCUT2D eigenvalue weighted by atomic mass is 10.1. The summed E-state index contributed by atoms with van der Waals surface area (Å²) in [5, 5.41) is 3.21. The van der Waals surface area contributed by atoms with E-state index in [2.05, 4.69) is 36.5 Å². The largest absolute Gasteiger partial charge is 0.318 e. The molecule has 3 rings (SSSR count). The SMILES string of the molecule is Cc1ccc(CNCC(=O)c2cc(C)n(-c3ccc(F)cc3)c2C)cc1. The number of hydrogen-bond donors (Lipinski definition) is 1. The van der Waals surface area contributed by atoms with Gasteiger partial charge in [0.1, 0.15) is 5.82 Å². The number of carbonyl (C=O) groups excluding carboxylic acids is 1. The van der Waals surface area contributed by atoms with E-state index < -0.39 is 0 Å². The highest BCUT2D eigenvalue weighted by atomic mass is 19.1. The number of hydrogen-bond acceptors (Lipinski definition) is 2. The summed E-state index contributed by atoms with van der Waals surface area (Å²) in [5.41, 5.74) is 5.75. The van der Waals surface area contributed by atoms with Crippen LogP contribution in [0.3, 0.4) is 0 Å². The van der Waals surface area contributed by atoms with Crippen molar-refractivity contribution in [3.05, 3.63) is 88.5 Å². The lowest BCUT2D eigenvalue weighted by Crippen LogP contribution is -2.23. The van der Waals surface area contributed by atoms with Gasteiger partial charge in [-0.3, -0.25) is 4.79 Å². The Hall–Kier alpha value is -2.72. The fraction of sp³-hybridized carbons (Fsp3) is 0.227. The van der Waals surface area contributed by atoms with Crippen molar-refractivity contribution in [3.63, 3.8) is 0 Å². The molecule has 0 saturated carbocycles. The lowest BCUT2D eigenvalue weighted by molar-refractivity contribution is 0.0990. The molecule has 3 aromatic rings. The average molecular weight is 350 g/mol. The highest BCUT2D eigenvalue weighted by Crippen LogP contribution is 2.21. The van der Waals surface area contributed by atoms with Crippen LogP contribution in [0.1, 0.15) is 32.9 Å². The molecule has 0 saturated heterocycles. The maximum absolute atomic E-state index is 13.2. The number of aromatic nitrogens is 1. The van der Waals surface area contributed by atoms with Crippen molar-refractivity contribution in [3.8, 4) is 5.69 Å². The first kappa shape index (κ1) is 18.1. The first-order chi connectivity index (χ1) is 12.5. The maximum Gasteiger partial charge on any atom is 0.178 e. The Morgan fingerprint density at radius 3 is 2.31 bits per heavy atom. The first-order valence-corrected chi connectivity index (χ1v) is 8.70. The second-order valence-corrected chi connectivity index (χ2v) is 6.61. The minimum absolute atomic E-state index is 0.0542. The molecule has 0 aliphatic rings. The number of ketones is 1. The van der Waals surface area contributed by atoms with Crippen molar-refractivity contribution >= 4 is 5.78 Å². The van der Waals surface area contributed by atoms with Crippen LogP contribution in [0, 0.1) is 26.6 Å². The highest BCUT2D eigenvalue weighted by Gasteiger charge is 2.16. The molecule has 0 amide bonds. The van der Waals surface area contributed by atoms with Gasteiger partial charge >= 0.3 is 0 Å². The van der Waals surface area contributed by atoms with E-state index in [0.29, 0.717) is 12.1 Å². The monoisotopic (exact) mass is 350 g/mol. The molecule has 3 nitrogen and oxygen atoms in total. The predicted molar refractivity (Wildman–Crippen MR) is 102 cm³/mol. The molecule has 134 valence electrons. The minimum Gasteiger partial charge on any atom is -0.318 e. The second kappa shape index (κ2) is 7.67. The van der Waals surface area contributed by atoms with Crippen molar-refractivity contribution < 1.29 is 9.18 Å². The van der Waals surface area contributed by atoms with Gasteiger partial charge in [-0.05, 0) is 56.7 Å². The van der Waals surface area contributed by atoms with Crippen molar-refractivity contribution in [1.82, 2.24) is 9.88 Å². The number of rotatable bonds is 6. The molecule has 1 N–H and O–H groups in total. The third-order valence-electron chi connectivity index (χ3n) is 4.55. The molecule has 1 heterocycles. The molecule has 0 radical (unpaired) electrons. The van der Waals surface area contributed by atoms with Gasteiger partial charge in [-0.25, -0.2) is 4.39 Å². The van der Waals surface area contributed by atoms with E-state index in [4.69, 9.17) is 0 Å². The van der Waals surface area contributed by atoms with Crippen LogP contribution in [0.4, 0.5) is 4.39 Å². The fourth-order valence-electron chi connectivity index (χ4n) is 3.15. The van der Waals surface area contributed by atoms with Gasteiger partial charge in [0.15, 0.2) is 5.78 Å². The van der Waals surface area contributed by atoms with Gasteiger partial charge in [-0.15, -0.1) is 0 Å². The molecular formula is C22H23FN2O. The smallest absolute Gasteiger partial charge is 0.178 e. The van der Waals surface area contributed by atoms with Gasteiger partial charge in [0, 0.05) is 29.2 Å². The van der Waals surface area contributed by atoms with E-state index in [1.165, 1.54) is 17.7 Å². The number of benzene rings is 2. The van der Waals surface area contributed by atoms with Crippen molar-refractivity contribution in [2.24, 2.45) is 0 Å². The van der Waals surface area contributed by atoms with Crippen molar-refractivity contribution in [1.29, 1.82) is 0 Å². The molecule has 26 heavy (non-hydrogen) atoms. The topological polar surface area (TPSA) is 34.0 Å². The van der Waals surface area contributed by atoms with Gasteiger partial charge in [0.25, 0.3) is 0 Å². The summed E-state index contributed by atoms with van der Waals surface area (Å²) in [6.07, 6.45) is 0. The molecule has 0 atom stereocenters. The predicted octanol–water partition coefficient (Wildman–Crippen LogP) is 4.51. The van der Waals surface area contributed by atoms with Crippen LogP contribution < -0.4 is 5.32 Å². The standard InChI is InChI=1S/C22H23FN2O/c1-15-4-6-18(7-5-15)13-24-14-22(26)21-12-16(2)25(17(21)3)20-10-8-19(23)9-11-20/h4-12,24H,13-14H2,1-3H3. The van der Waals surface area contributed by atoms with Gasteiger partial charge < -0.3 is 9.88 Å². The van der Waals surface area contributed by atoms with E-state index in [9.17, 15) is 9.18 Å². The summed E-state index contributed by atoms with van der Waals surface area (Å²) in [6.45, 7) is 6.86. The molecule has 0 spiro atoms. The molecule has 0 bridgehead atoms. The Morgan fingerprint density at radius 2 is 1.65 bits per heavy atom. The molecule has 0 aliphatic heterocycles. The Balaban J connectivity index is 1.70. The molecule has 1 aromatic heterocycles. The van der Waals surface area contributed by atoms with Gasteiger partial charge in [0.2, 0.25) is 0 Å². The number of carbonyl (C=O) groups is 1. The van der Waals surface area contributed by atoms with E-state index in [-0.39, 0.29) is 18.1 Å². The van der Waals surface area contributed by atoms with E-state index in [1.54, 1.807) is 12.1 Å². The summed E-state index contributed by atoms with van der Waals surface area (Å²) < 4.78 is 15.1. The number of Topliss-reactive ketones (excluding diaryl/α,β-unsaturated/α-hetero) is 1. The molecule has 0 fully saturated rings. The number of nitrogens with zero attached hydrogens (tertiary/aromatic N) is 1. The average Bonchev–Trinajstić information content (AvgIpc) is 2.92. The first-order valence-electron chi connectivity index (χ1n) is 8.70. The van der Waals surface area contributed by atoms with Crippen LogP contribution in [0.2, 0.25) is 0 Å². The fourth-order valence-corrected chi connectivity index (χ4v) is 3.15. The van der Waals surface area contributed by atoms with Gasteiger partial charge in [-0.2, -0.15) is 0 Å². The quantitative estimate of drug-likeness (QED) is 0.664. The van der Waals surface area contributed by atoms with Crippen LogP contribution in [0.5, 0.6) is 0 Å². The summed E-state index contributed by atoms with van der Waals surface area (Å²) in [4.78, 5) is 12.6. The van der Waals surface area contributed by atoms with Crippen LogP contribution >= 0.6 is 0 Å². The van der Waals surface area contributed by atoms with Crippen molar-refractivity contribution in [2.45, 2.75) is 27.3 Å². The number of aryl methyl sites for hydroxylation is 2. The second-order valence-electron chi connectivity index (χ2n) is 6.61. The Labute approximate surface area is 153 Å². The van der Waals surface area contributed by atoms with E-state index in [0.717, 1.165) is 22.6 Å². The van der Waals surface area contributed by atoms with Gasteiger partial charge in [0.05, 0.1) is 6.54 Å². The Kier molecular flexibility index (Phi) is 5.33. The van der Waals surface area contributed by atoms with Crippen LogP contribution in [0.25, 0.3) is 5.69 Å². The minimum atomic E-state index is -0.271. The summed E-state index contributed by atoms with van der Waals surface area (Å²) in [7, 11) is 0. The molecule has 0 unspecified atom stereocenters. The van der Waals surface area contributed by atoms with Crippen LogP contribution in [0.15, 0.2) is 54.6 Å². The third kappa shape index (κ3) is 3.92. The summed E-state index contributed by atoms with van der Waals surface area (Å²) in [6, 6.07) is 16.5. The van der Waals surface area contributed by atoms with Crippen LogP contribution in [-0.2, 0) is 6.54 Å². The Morgan fingerprint density at radius 1 is 1.00 bits per heavy atom. The molecule has 4 heteroatoms. The zero-order valence-corrected chi connectivity index (χ0v) is 15.3. The van der Waals surface area contributed by atoms with Crippen LogP contribution in [-0.4, -0.2) is 16.9 Å². The highest BCUT2D eigenvalue weighted by molar-refractivity contribution is 5.99. The maximum atomic E-state index is 13.2. The summed E-state index contributed by atoms with van der Waals surface area (Å²) >= 11 is 0. The van der Waals surface area contributed by atoms with E-state index >= 15 is 0 Å². The molecule has 2 aromatic carbocycles. The van der Waals surface area contributed by atoms with E-state index in [1.807, 2.05) is 24.5 Å².